The third-order valence-corrected chi connectivity index (χ3v) is 5.49. The lowest BCUT2D eigenvalue weighted by Crippen LogP contribution is -2.35. The predicted molar refractivity (Wildman–Crippen MR) is 110 cm³/mol. The van der Waals surface area contributed by atoms with E-state index in [9.17, 15) is 10.1 Å². The zero-order valence-corrected chi connectivity index (χ0v) is 17.0. The molecule has 0 bridgehead atoms. The lowest BCUT2D eigenvalue weighted by Gasteiger charge is -2.26. The monoisotopic (exact) mass is 396 g/mol. The summed E-state index contributed by atoms with van der Waals surface area (Å²) < 4.78 is 5.37. The van der Waals surface area contributed by atoms with Crippen LogP contribution in [0.25, 0.3) is 0 Å². The van der Waals surface area contributed by atoms with Crippen molar-refractivity contribution >= 4 is 23.4 Å². The average Bonchev–Trinajstić information content (AvgIpc) is 2.68. The molecule has 2 aromatic rings. The number of hydrogen-bond donors (Lipinski definition) is 1. The predicted octanol–water partition coefficient (Wildman–Crippen LogP) is 3.13. The van der Waals surface area contributed by atoms with Gasteiger partial charge in [0, 0.05) is 31.0 Å². The summed E-state index contributed by atoms with van der Waals surface area (Å²) in [6, 6.07) is 12.0. The molecule has 0 aliphatic carbocycles. The zero-order chi connectivity index (χ0) is 19.9. The van der Waals surface area contributed by atoms with Crippen molar-refractivity contribution in [1.29, 1.82) is 5.26 Å². The number of carbonyl (C=O) groups is 1. The molecular formula is C21H24N4O2S. The van der Waals surface area contributed by atoms with Gasteiger partial charge in [-0.2, -0.15) is 5.26 Å². The number of aromatic nitrogens is 1. The third-order valence-electron chi connectivity index (χ3n) is 4.51. The number of nitriles is 1. The molecular weight excluding hydrogens is 372 g/mol. The Morgan fingerprint density at radius 2 is 2.00 bits per heavy atom. The number of nitrogens with zero attached hydrogens (tertiary/aromatic N) is 3. The van der Waals surface area contributed by atoms with Crippen LogP contribution < -0.4 is 5.32 Å². The summed E-state index contributed by atoms with van der Waals surface area (Å²) in [7, 11) is 0. The maximum atomic E-state index is 12.3. The van der Waals surface area contributed by atoms with E-state index in [-0.39, 0.29) is 11.7 Å². The van der Waals surface area contributed by atoms with Crippen molar-refractivity contribution in [3.05, 3.63) is 52.7 Å². The normalized spacial score (nSPS) is 14.5. The number of carbonyl (C=O) groups excluding carboxylic acids is 1. The summed E-state index contributed by atoms with van der Waals surface area (Å²) in [6.45, 7) is 8.14. The first-order chi connectivity index (χ1) is 13.5. The van der Waals surface area contributed by atoms with Crippen molar-refractivity contribution in [1.82, 2.24) is 9.88 Å². The molecule has 146 valence electrons. The number of thioether (sulfide) groups is 1. The quantitative estimate of drug-likeness (QED) is 0.756. The highest BCUT2D eigenvalue weighted by molar-refractivity contribution is 8.00. The van der Waals surface area contributed by atoms with Gasteiger partial charge in [0.05, 0.1) is 24.5 Å². The molecule has 6 nitrogen and oxygen atoms in total. The summed E-state index contributed by atoms with van der Waals surface area (Å²) >= 11 is 1.29. The van der Waals surface area contributed by atoms with Crippen LogP contribution in [0.4, 0.5) is 5.69 Å². The molecule has 0 saturated carbocycles. The van der Waals surface area contributed by atoms with Gasteiger partial charge in [0.1, 0.15) is 11.1 Å². The minimum Gasteiger partial charge on any atom is -0.379 e. The van der Waals surface area contributed by atoms with Gasteiger partial charge >= 0.3 is 0 Å². The van der Waals surface area contributed by atoms with Gasteiger partial charge in [0.2, 0.25) is 5.91 Å². The van der Waals surface area contributed by atoms with Crippen LogP contribution in [-0.4, -0.2) is 47.8 Å². The number of nitrogens with one attached hydrogen (secondary N) is 1. The van der Waals surface area contributed by atoms with Gasteiger partial charge < -0.3 is 10.1 Å². The maximum absolute atomic E-state index is 12.3. The van der Waals surface area contributed by atoms with Crippen LogP contribution in [-0.2, 0) is 16.1 Å². The van der Waals surface area contributed by atoms with Gasteiger partial charge in [0.25, 0.3) is 0 Å². The molecule has 1 amide bonds. The highest BCUT2D eigenvalue weighted by Gasteiger charge is 2.13. The molecule has 1 N–H and O–H groups in total. The van der Waals surface area contributed by atoms with Crippen LogP contribution in [0.3, 0.4) is 0 Å². The number of anilines is 1. The molecule has 3 rings (SSSR count). The van der Waals surface area contributed by atoms with E-state index in [0.717, 1.165) is 49.8 Å². The summed E-state index contributed by atoms with van der Waals surface area (Å²) in [5.74, 6) is 0.0934. The van der Waals surface area contributed by atoms with Crippen LogP contribution in [0.1, 0.15) is 22.4 Å². The summed E-state index contributed by atoms with van der Waals surface area (Å²) in [5, 5.41) is 12.8. The number of amides is 1. The number of pyridine rings is 1. The molecule has 0 spiro atoms. The fraction of sp³-hybridized carbons (Fsp3) is 0.381. The van der Waals surface area contributed by atoms with E-state index in [4.69, 9.17) is 4.74 Å². The average molecular weight is 397 g/mol. The van der Waals surface area contributed by atoms with Gasteiger partial charge in [-0.3, -0.25) is 9.69 Å². The Labute approximate surface area is 169 Å². The van der Waals surface area contributed by atoms with Crippen molar-refractivity contribution < 1.29 is 9.53 Å². The topological polar surface area (TPSA) is 78.2 Å². The molecule has 1 fully saturated rings. The molecule has 1 aliphatic rings. The highest BCUT2D eigenvalue weighted by Crippen LogP contribution is 2.24. The van der Waals surface area contributed by atoms with Gasteiger partial charge in [-0.1, -0.05) is 23.9 Å². The first-order valence-corrected chi connectivity index (χ1v) is 10.2. The number of aryl methyl sites for hydroxylation is 2. The van der Waals surface area contributed by atoms with Crippen molar-refractivity contribution in [3.63, 3.8) is 0 Å². The number of morpholine rings is 1. The van der Waals surface area contributed by atoms with Crippen LogP contribution in [0.15, 0.2) is 35.4 Å². The third kappa shape index (κ3) is 5.55. The van der Waals surface area contributed by atoms with E-state index < -0.39 is 0 Å². The van der Waals surface area contributed by atoms with Crippen LogP contribution >= 0.6 is 11.8 Å². The number of benzene rings is 1. The van der Waals surface area contributed by atoms with Gasteiger partial charge in [-0.05, 0) is 43.2 Å². The van der Waals surface area contributed by atoms with Crippen molar-refractivity contribution in [2.45, 2.75) is 25.4 Å². The van der Waals surface area contributed by atoms with Crippen molar-refractivity contribution in [2.24, 2.45) is 0 Å². The van der Waals surface area contributed by atoms with E-state index in [1.54, 1.807) is 0 Å². The minimum atomic E-state index is -0.115. The Bertz CT molecular complexity index is 871. The first kappa shape index (κ1) is 20.3. The summed E-state index contributed by atoms with van der Waals surface area (Å²) in [5.41, 5.74) is 4.25. The second kappa shape index (κ2) is 9.69. The first-order valence-electron chi connectivity index (χ1n) is 9.25. The molecule has 1 aromatic carbocycles. The Morgan fingerprint density at radius 1 is 1.29 bits per heavy atom. The molecule has 1 saturated heterocycles. The Kier molecular flexibility index (Phi) is 7.04. The Hall–Kier alpha value is -2.40. The highest BCUT2D eigenvalue weighted by atomic mass is 32.2. The summed E-state index contributed by atoms with van der Waals surface area (Å²) in [4.78, 5) is 19.0. The lowest BCUT2D eigenvalue weighted by molar-refractivity contribution is -0.113. The zero-order valence-electron chi connectivity index (χ0n) is 16.2. The minimum absolute atomic E-state index is 0.115. The Balaban J connectivity index is 1.53. The summed E-state index contributed by atoms with van der Waals surface area (Å²) in [6.07, 6.45) is 0. The molecule has 2 heterocycles. The molecule has 0 atom stereocenters. The van der Waals surface area contributed by atoms with Crippen LogP contribution in [0.2, 0.25) is 0 Å². The number of ether oxygens (including phenoxy) is 1. The molecule has 0 unspecified atom stereocenters. The lowest BCUT2D eigenvalue weighted by atomic mass is 10.1. The number of hydrogen-bond acceptors (Lipinski definition) is 6. The van der Waals surface area contributed by atoms with Crippen molar-refractivity contribution in [2.75, 3.05) is 37.4 Å². The van der Waals surface area contributed by atoms with E-state index in [1.807, 2.05) is 44.2 Å². The number of rotatable bonds is 6. The second-order valence-electron chi connectivity index (χ2n) is 6.79. The second-order valence-corrected chi connectivity index (χ2v) is 7.76. The molecule has 0 radical (unpaired) electrons. The molecule has 1 aromatic heterocycles. The smallest absolute Gasteiger partial charge is 0.234 e. The van der Waals surface area contributed by atoms with Crippen LogP contribution in [0, 0.1) is 25.2 Å². The van der Waals surface area contributed by atoms with Crippen molar-refractivity contribution in [3.8, 4) is 6.07 Å². The maximum Gasteiger partial charge on any atom is 0.234 e. The van der Waals surface area contributed by atoms with E-state index in [1.165, 1.54) is 17.3 Å². The standard InChI is InChI=1S/C21H24N4O2S/c1-15-11-16(2)23-21(19(15)12-22)28-14-20(26)24-18-5-3-17(4-6-18)13-25-7-9-27-10-8-25/h3-6,11H,7-10,13-14H2,1-2H3,(H,24,26). The van der Waals surface area contributed by atoms with Gasteiger partial charge in [0.15, 0.2) is 0 Å². The van der Waals surface area contributed by atoms with Crippen LogP contribution in [0.5, 0.6) is 0 Å². The fourth-order valence-electron chi connectivity index (χ4n) is 3.08. The van der Waals surface area contributed by atoms with Gasteiger partial charge in [-0.15, -0.1) is 0 Å². The van der Waals surface area contributed by atoms with E-state index in [2.05, 4.69) is 21.3 Å². The largest absolute Gasteiger partial charge is 0.379 e. The fourth-order valence-corrected chi connectivity index (χ4v) is 3.98. The Morgan fingerprint density at radius 3 is 2.68 bits per heavy atom. The molecule has 28 heavy (non-hydrogen) atoms. The van der Waals surface area contributed by atoms with E-state index >= 15 is 0 Å². The molecule has 7 heteroatoms. The molecule has 1 aliphatic heterocycles. The van der Waals surface area contributed by atoms with Gasteiger partial charge in [-0.25, -0.2) is 4.98 Å². The SMILES string of the molecule is Cc1cc(C)c(C#N)c(SCC(=O)Nc2ccc(CN3CCOCC3)cc2)n1. The van der Waals surface area contributed by atoms with E-state index in [0.29, 0.717) is 10.6 Å².